The Bertz CT molecular complexity index is 1130. The average Bonchev–Trinajstić information content (AvgIpc) is 3.14. The van der Waals surface area contributed by atoms with Gasteiger partial charge in [-0.1, -0.05) is 47.0 Å². The monoisotopic (exact) mass is 437 g/mol. The summed E-state index contributed by atoms with van der Waals surface area (Å²) in [6.07, 6.45) is 4.16. The maximum atomic E-state index is 12.9. The molecule has 0 spiro atoms. The van der Waals surface area contributed by atoms with Crippen LogP contribution < -0.4 is 5.32 Å². The Kier molecular flexibility index (Phi) is 7.31. The van der Waals surface area contributed by atoms with Crippen LogP contribution in [0.5, 0.6) is 0 Å². The molecule has 3 N–H and O–H groups in total. The molecule has 0 saturated heterocycles. The summed E-state index contributed by atoms with van der Waals surface area (Å²) in [7, 11) is 0. The van der Waals surface area contributed by atoms with Gasteiger partial charge in [0.25, 0.3) is 5.91 Å². The quantitative estimate of drug-likeness (QED) is 0.407. The summed E-state index contributed by atoms with van der Waals surface area (Å²) in [4.78, 5) is 20.8. The summed E-state index contributed by atoms with van der Waals surface area (Å²) < 4.78 is 0. The number of H-pyrrole nitrogens is 1. The van der Waals surface area contributed by atoms with Crippen molar-refractivity contribution < 1.29 is 9.90 Å². The molecule has 0 fully saturated rings. The van der Waals surface area contributed by atoms with Crippen molar-refractivity contribution in [3.63, 3.8) is 0 Å². The van der Waals surface area contributed by atoms with Gasteiger partial charge in [-0.25, -0.2) is 4.98 Å². The first-order valence-electron chi connectivity index (χ1n) is 10.3. The van der Waals surface area contributed by atoms with Crippen LogP contribution in [0.2, 0.25) is 5.02 Å². The third-order valence-electron chi connectivity index (χ3n) is 5.03. The second-order valence-electron chi connectivity index (χ2n) is 8.06. The van der Waals surface area contributed by atoms with E-state index in [1.54, 1.807) is 37.3 Å². The number of allylic oxidation sites excluding steroid dienone is 3. The molecule has 5 nitrogen and oxygen atoms in total. The molecule has 3 rings (SSSR count). The number of nitrogens with one attached hydrogen (secondary N) is 2. The van der Waals surface area contributed by atoms with E-state index < -0.39 is 12.1 Å². The van der Waals surface area contributed by atoms with Gasteiger partial charge in [-0.05, 0) is 70.0 Å². The van der Waals surface area contributed by atoms with Crippen LogP contribution >= 0.6 is 11.6 Å². The number of amides is 1. The number of para-hydroxylation sites is 1. The first-order chi connectivity index (χ1) is 14.7. The number of aromatic amines is 1. The van der Waals surface area contributed by atoms with Crippen LogP contribution in [-0.4, -0.2) is 27.0 Å². The fourth-order valence-corrected chi connectivity index (χ4v) is 3.40. The summed E-state index contributed by atoms with van der Waals surface area (Å²) in [5.41, 5.74) is 4.99. The van der Waals surface area contributed by atoms with Crippen LogP contribution in [-0.2, 0) is 0 Å². The van der Waals surface area contributed by atoms with Crippen LogP contribution in [0, 0.1) is 0 Å². The molecule has 0 bridgehead atoms. The predicted molar refractivity (Wildman–Crippen MR) is 127 cm³/mol. The van der Waals surface area contributed by atoms with Gasteiger partial charge in [0.15, 0.2) is 0 Å². The Labute approximate surface area is 187 Å². The minimum Gasteiger partial charge on any atom is -0.386 e. The number of hydrogen-bond donors (Lipinski definition) is 3. The normalized spacial score (nSPS) is 13.7. The molecular formula is C25H28ClN3O2. The number of halogens is 1. The third-order valence-corrected chi connectivity index (χ3v) is 5.29. The lowest BCUT2D eigenvalue weighted by atomic mass is 10.0. The molecule has 0 radical (unpaired) electrons. The molecule has 1 heterocycles. The summed E-state index contributed by atoms with van der Waals surface area (Å²) in [5, 5.41) is 14.1. The first kappa shape index (κ1) is 22.8. The number of aliphatic hydroxyl groups is 1. The number of nitrogens with zero attached hydrogens (tertiary/aromatic N) is 1. The van der Waals surface area contributed by atoms with Crippen LogP contribution in [0.15, 0.2) is 59.7 Å². The highest BCUT2D eigenvalue weighted by atomic mass is 35.5. The van der Waals surface area contributed by atoms with Gasteiger partial charge in [0, 0.05) is 5.02 Å². The number of hydrogen-bond acceptors (Lipinski definition) is 3. The number of benzene rings is 2. The summed E-state index contributed by atoms with van der Waals surface area (Å²) in [5.74, 6) is 0.429. The second-order valence-corrected chi connectivity index (χ2v) is 8.50. The Morgan fingerprint density at radius 3 is 2.58 bits per heavy atom. The molecule has 2 aromatic carbocycles. The summed E-state index contributed by atoms with van der Waals surface area (Å²) >= 11 is 5.91. The molecule has 2 atom stereocenters. The molecule has 1 aromatic heterocycles. The first-order valence-corrected chi connectivity index (χ1v) is 10.7. The Balaban J connectivity index is 1.79. The van der Waals surface area contributed by atoms with Crippen molar-refractivity contribution in [3.05, 3.63) is 81.7 Å². The van der Waals surface area contributed by atoms with Crippen LogP contribution in [0.4, 0.5) is 0 Å². The van der Waals surface area contributed by atoms with Gasteiger partial charge in [-0.15, -0.1) is 0 Å². The van der Waals surface area contributed by atoms with Crippen molar-refractivity contribution in [2.45, 2.75) is 46.3 Å². The standard InChI is InChI=1S/C25H28ClN3O2/c1-15(2)8-9-16(3)14-22-28-21-7-5-6-20(23(21)29-22)25(31)27-17(4)24(30)18-10-12-19(26)13-11-18/h5-8,10-14,17,24,30H,9H2,1-4H3,(H,27,31)(H,28,29)/b16-14+. The molecule has 0 saturated carbocycles. The molecule has 162 valence electrons. The minimum absolute atomic E-state index is 0.283. The summed E-state index contributed by atoms with van der Waals surface area (Å²) in [6.45, 7) is 7.97. The van der Waals surface area contributed by atoms with Gasteiger partial charge in [-0.3, -0.25) is 4.79 Å². The van der Waals surface area contributed by atoms with E-state index in [9.17, 15) is 9.90 Å². The molecule has 0 aliphatic heterocycles. The lowest BCUT2D eigenvalue weighted by Gasteiger charge is -2.20. The van der Waals surface area contributed by atoms with Crippen LogP contribution in [0.3, 0.4) is 0 Å². The lowest BCUT2D eigenvalue weighted by Crippen LogP contribution is -2.37. The van der Waals surface area contributed by atoms with Crippen molar-refractivity contribution in [1.29, 1.82) is 0 Å². The third kappa shape index (κ3) is 5.84. The molecule has 3 aromatic rings. The number of fused-ring (bicyclic) bond motifs is 1. The highest BCUT2D eigenvalue weighted by molar-refractivity contribution is 6.30. The SMILES string of the molecule is CC(C)=CC/C(C)=C/c1nc2c(C(=O)NC(C)C(O)c3ccc(Cl)cc3)cccc2[nH]1. The second kappa shape index (κ2) is 9.94. The predicted octanol–water partition coefficient (Wildman–Crippen LogP) is 5.83. The molecule has 0 aliphatic rings. The van der Waals surface area contributed by atoms with Gasteiger partial charge in [0.05, 0.1) is 23.2 Å². The maximum absolute atomic E-state index is 12.9. The highest BCUT2D eigenvalue weighted by Crippen LogP contribution is 2.22. The largest absolute Gasteiger partial charge is 0.386 e. The van der Waals surface area contributed by atoms with Crippen molar-refractivity contribution in [2.75, 3.05) is 0 Å². The van der Waals surface area contributed by atoms with E-state index in [-0.39, 0.29) is 5.91 Å². The Hall–Kier alpha value is -2.89. The van der Waals surface area contributed by atoms with Gasteiger partial charge in [0.1, 0.15) is 11.3 Å². The topological polar surface area (TPSA) is 78.0 Å². The van der Waals surface area contributed by atoms with Crippen molar-refractivity contribution in [1.82, 2.24) is 15.3 Å². The van der Waals surface area contributed by atoms with Gasteiger partial charge < -0.3 is 15.4 Å². The van der Waals surface area contributed by atoms with Gasteiger partial charge >= 0.3 is 0 Å². The Morgan fingerprint density at radius 2 is 1.90 bits per heavy atom. The van der Waals surface area contributed by atoms with E-state index in [2.05, 4.69) is 42.1 Å². The molecule has 31 heavy (non-hydrogen) atoms. The zero-order valence-corrected chi connectivity index (χ0v) is 19.0. The number of rotatable bonds is 7. The van der Waals surface area contributed by atoms with Crippen LogP contribution in [0.1, 0.15) is 62.0 Å². The van der Waals surface area contributed by atoms with E-state index in [0.717, 1.165) is 11.9 Å². The van der Waals surface area contributed by atoms with Crippen LogP contribution in [0.25, 0.3) is 17.1 Å². The van der Waals surface area contributed by atoms with E-state index in [4.69, 9.17) is 11.6 Å². The van der Waals surface area contributed by atoms with E-state index in [0.29, 0.717) is 27.5 Å². The van der Waals surface area contributed by atoms with Crippen molar-refractivity contribution >= 4 is 34.6 Å². The highest BCUT2D eigenvalue weighted by Gasteiger charge is 2.21. The van der Waals surface area contributed by atoms with E-state index in [1.165, 1.54) is 11.1 Å². The van der Waals surface area contributed by atoms with Crippen molar-refractivity contribution in [3.8, 4) is 0 Å². The molecule has 1 amide bonds. The number of carbonyl (C=O) groups excluding carboxylic acids is 1. The molecular weight excluding hydrogens is 410 g/mol. The molecule has 0 aliphatic carbocycles. The maximum Gasteiger partial charge on any atom is 0.253 e. The van der Waals surface area contributed by atoms with E-state index in [1.807, 2.05) is 18.2 Å². The Morgan fingerprint density at radius 1 is 1.19 bits per heavy atom. The van der Waals surface area contributed by atoms with E-state index >= 15 is 0 Å². The van der Waals surface area contributed by atoms with Gasteiger partial charge in [-0.2, -0.15) is 0 Å². The van der Waals surface area contributed by atoms with Gasteiger partial charge in [0.2, 0.25) is 0 Å². The number of aliphatic hydroxyl groups excluding tert-OH is 1. The number of imidazole rings is 1. The number of carbonyl (C=O) groups is 1. The molecule has 2 unspecified atom stereocenters. The fraction of sp³-hybridized carbons (Fsp3) is 0.280. The zero-order valence-electron chi connectivity index (χ0n) is 18.2. The van der Waals surface area contributed by atoms with Crippen molar-refractivity contribution in [2.24, 2.45) is 0 Å². The number of aromatic nitrogens is 2. The fourth-order valence-electron chi connectivity index (χ4n) is 3.27. The summed E-state index contributed by atoms with van der Waals surface area (Å²) in [6, 6.07) is 11.9. The average molecular weight is 438 g/mol. The smallest absolute Gasteiger partial charge is 0.253 e. The minimum atomic E-state index is -0.851. The zero-order chi connectivity index (χ0) is 22.5. The molecule has 6 heteroatoms. The lowest BCUT2D eigenvalue weighted by molar-refractivity contribution is 0.0853.